The van der Waals surface area contributed by atoms with Gasteiger partial charge in [-0.15, -0.1) is 21.5 Å². The SMILES string of the molecule is Cc1nc(Cc2nnc(SCCCOc3ccc([N+](=O)[O-])cc3)o2)cs1. The second-order valence-corrected chi connectivity index (χ2v) is 7.41. The van der Waals surface area contributed by atoms with Gasteiger partial charge in [0.05, 0.1) is 28.7 Å². The molecular formula is C16H16N4O4S2. The molecule has 3 aromatic rings. The van der Waals surface area contributed by atoms with Gasteiger partial charge in [-0.1, -0.05) is 11.8 Å². The van der Waals surface area contributed by atoms with Gasteiger partial charge in [-0.05, 0) is 25.5 Å². The molecule has 0 aliphatic heterocycles. The molecule has 2 aromatic heterocycles. The summed E-state index contributed by atoms with van der Waals surface area (Å²) in [6.45, 7) is 2.46. The highest BCUT2D eigenvalue weighted by molar-refractivity contribution is 7.99. The molecule has 2 heterocycles. The first kappa shape index (κ1) is 18.3. The molecule has 0 amide bonds. The van der Waals surface area contributed by atoms with Gasteiger partial charge in [0.2, 0.25) is 5.89 Å². The minimum Gasteiger partial charge on any atom is -0.494 e. The number of benzene rings is 1. The highest BCUT2D eigenvalue weighted by atomic mass is 32.2. The molecule has 1 aromatic carbocycles. The quantitative estimate of drug-likeness (QED) is 0.234. The van der Waals surface area contributed by atoms with Crippen LogP contribution in [0.15, 0.2) is 39.3 Å². The van der Waals surface area contributed by atoms with Crippen LogP contribution in [0.4, 0.5) is 5.69 Å². The number of nitro groups is 1. The Kier molecular flexibility index (Phi) is 6.18. The Morgan fingerprint density at radius 3 is 2.81 bits per heavy atom. The molecule has 8 nitrogen and oxygen atoms in total. The van der Waals surface area contributed by atoms with E-state index in [1.165, 1.54) is 23.9 Å². The molecular weight excluding hydrogens is 376 g/mol. The third-order valence-electron chi connectivity index (χ3n) is 3.28. The van der Waals surface area contributed by atoms with Crippen molar-refractivity contribution >= 4 is 28.8 Å². The third kappa shape index (κ3) is 5.27. The molecule has 0 unspecified atom stereocenters. The number of rotatable bonds is 9. The molecule has 0 saturated carbocycles. The summed E-state index contributed by atoms with van der Waals surface area (Å²) in [4.78, 5) is 14.5. The summed E-state index contributed by atoms with van der Waals surface area (Å²) in [6, 6.07) is 6.03. The molecule has 26 heavy (non-hydrogen) atoms. The second kappa shape index (κ2) is 8.77. The van der Waals surface area contributed by atoms with E-state index in [0.29, 0.717) is 29.9 Å². The first-order chi connectivity index (χ1) is 12.6. The molecule has 0 aliphatic carbocycles. The van der Waals surface area contributed by atoms with Crippen LogP contribution in [-0.2, 0) is 6.42 Å². The largest absolute Gasteiger partial charge is 0.494 e. The zero-order valence-electron chi connectivity index (χ0n) is 14.0. The molecule has 3 rings (SSSR count). The van der Waals surface area contributed by atoms with Crippen LogP contribution in [0.1, 0.15) is 23.0 Å². The molecule has 0 saturated heterocycles. The van der Waals surface area contributed by atoms with Crippen LogP contribution in [-0.4, -0.2) is 32.5 Å². The number of non-ortho nitro benzene ring substituents is 1. The number of nitrogens with zero attached hydrogens (tertiary/aromatic N) is 4. The van der Waals surface area contributed by atoms with Crippen molar-refractivity contribution in [3.63, 3.8) is 0 Å². The lowest BCUT2D eigenvalue weighted by Crippen LogP contribution is -1.98. The fourth-order valence-corrected chi connectivity index (χ4v) is 3.39. The number of nitro benzene ring substituents is 1. The van der Waals surface area contributed by atoms with Crippen LogP contribution in [0.3, 0.4) is 0 Å². The van der Waals surface area contributed by atoms with E-state index in [2.05, 4.69) is 15.2 Å². The highest BCUT2D eigenvalue weighted by Crippen LogP contribution is 2.20. The highest BCUT2D eigenvalue weighted by Gasteiger charge is 2.09. The van der Waals surface area contributed by atoms with E-state index in [0.717, 1.165) is 22.9 Å². The zero-order valence-corrected chi connectivity index (χ0v) is 15.6. The Hall–Kier alpha value is -2.46. The van der Waals surface area contributed by atoms with E-state index in [4.69, 9.17) is 9.15 Å². The molecule has 0 fully saturated rings. The lowest BCUT2D eigenvalue weighted by atomic mass is 10.3. The van der Waals surface area contributed by atoms with Crippen molar-refractivity contribution in [2.75, 3.05) is 12.4 Å². The Labute approximate surface area is 157 Å². The molecule has 0 radical (unpaired) electrons. The van der Waals surface area contributed by atoms with Crippen LogP contribution >= 0.6 is 23.1 Å². The molecule has 136 valence electrons. The van der Waals surface area contributed by atoms with Gasteiger partial charge in [-0.25, -0.2) is 4.98 Å². The summed E-state index contributed by atoms with van der Waals surface area (Å²) >= 11 is 3.07. The normalized spacial score (nSPS) is 10.8. The minimum atomic E-state index is -0.436. The first-order valence-corrected chi connectivity index (χ1v) is 9.70. The maximum absolute atomic E-state index is 10.6. The van der Waals surface area contributed by atoms with E-state index in [1.54, 1.807) is 23.5 Å². The van der Waals surface area contributed by atoms with Gasteiger partial charge < -0.3 is 9.15 Å². The van der Waals surface area contributed by atoms with Crippen molar-refractivity contribution in [2.45, 2.75) is 25.0 Å². The Bertz CT molecular complexity index is 863. The van der Waals surface area contributed by atoms with Gasteiger partial charge in [-0.3, -0.25) is 10.1 Å². The first-order valence-electron chi connectivity index (χ1n) is 7.83. The topological polar surface area (TPSA) is 104 Å². The molecule has 0 atom stereocenters. The molecule has 0 bridgehead atoms. The standard InChI is InChI=1S/C16H16N4O4S2/c1-11-17-12(10-26-11)9-15-18-19-16(24-15)25-8-2-7-23-14-5-3-13(4-6-14)20(21)22/h3-6,10H,2,7-9H2,1H3. The minimum absolute atomic E-state index is 0.0490. The zero-order chi connectivity index (χ0) is 18.4. The number of aromatic nitrogens is 3. The van der Waals surface area contributed by atoms with Crippen LogP contribution in [0.25, 0.3) is 0 Å². The van der Waals surface area contributed by atoms with Crippen LogP contribution in [0.2, 0.25) is 0 Å². The number of aryl methyl sites for hydroxylation is 1. The summed E-state index contributed by atoms with van der Waals surface area (Å²) in [5.41, 5.74) is 0.983. The average Bonchev–Trinajstić information content (AvgIpc) is 3.24. The van der Waals surface area contributed by atoms with E-state index >= 15 is 0 Å². The summed E-state index contributed by atoms with van der Waals surface area (Å²) in [6.07, 6.45) is 1.33. The predicted molar refractivity (Wildman–Crippen MR) is 97.9 cm³/mol. The predicted octanol–water partition coefficient (Wildman–Crippen LogP) is 3.89. The van der Waals surface area contributed by atoms with Gasteiger partial charge in [0.15, 0.2) is 0 Å². The smallest absolute Gasteiger partial charge is 0.276 e. The van der Waals surface area contributed by atoms with E-state index in [9.17, 15) is 10.1 Å². The second-order valence-electron chi connectivity index (χ2n) is 5.30. The number of thioether (sulfide) groups is 1. The Morgan fingerprint density at radius 2 is 2.12 bits per heavy atom. The van der Waals surface area contributed by atoms with Gasteiger partial charge in [0.1, 0.15) is 5.75 Å². The van der Waals surface area contributed by atoms with Crippen molar-refractivity contribution < 1.29 is 14.1 Å². The lowest BCUT2D eigenvalue weighted by molar-refractivity contribution is -0.384. The fourth-order valence-electron chi connectivity index (χ4n) is 2.08. The summed E-state index contributed by atoms with van der Waals surface area (Å²) in [5.74, 6) is 1.93. The number of thiazole rings is 1. The molecule has 10 heteroatoms. The van der Waals surface area contributed by atoms with Crippen molar-refractivity contribution in [3.05, 3.63) is 56.4 Å². The van der Waals surface area contributed by atoms with Crippen molar-refractivity contribution in [1.82, 2.24) is 15.2 Å². The van der Waals surface area contributed by atoms with Crippen molar-refractivity contribution in [1.29, 1.82) is 0 Å². The average molecular weight is 392 g/mol. The number of ether oxygens (including phenoxy) is 1. The summed E-state index contributed by atoms with van der Waals surface area (Å²) in [5, 5.41) is 22.2. The fraction of sp³-hybridized carbons (Fsp3) is 0.312. The molecule has 0 aliphatic rings. The Balaban J connectivity index is 1.36. The van der Waals surface area contributed by atoms with E-state index < -0.39 is 4.92 Å². The maximum Gasteiger partial charge on any atom is 0.276 e. The van der Waals surface area contributed by atoms with Crippen molar-refractivity contribution in [3.8, 4) is 5.75 Å². The van der Waals surface area contributed by atoms with Gasteiger partial charge in [0.25, 0.3) is 10.9 Å². The third-order valence-corrected chi connectivity index (χ3v) is 5.00. The number of hydrogen-bond acceptors (Lipinski definition) is 9. The van der Waals surface area contributed by atoms with Crippen LogP contribution in [0.5, 0.6) is 5.75 Å². The lowest BCUT2D eigenvalue weighted by Gasteiger charge is -2.04. The van der Waals surface area contributed by atoms with Crippen LogP contribution < -0.4 is 4.74 Å². The van der Waals surface area contributed by atoms with E-state index in [-0.39, 0.29) is 5.69 Å². The summed E-state index contributed by atoms with van der Waals surface area (Å²) in [7, 11) is 0. The molecule has 0 N–H and O–H groups in total. The van der Waals surface area contributed by atoms with Gasteiger partial charge in [-0.2, -0.15) is 0 Å². The van der Waals surface area contributed by atoms with Gasteiger partial charge in [0, 0.05) is 23.3 Å². The molecule has 0 spiro atoms. The van der Waals surface area contributed by atoms with Gasteiger partial charge >= 0.3 is 0 Å². The van der Waals surface area contributed by atoms with Crippen molar-refractivity contribution in [2.24, 2.45) is 0 Å². The number of hydrogen-bond donors (Lipinski definition) is 0. The summed E-state index contributed by atoms with van der Waals surface area (Å²) < 4.78 is 11.2. The monoisotopic (exact) mass is 392 g/mol. The Morgan fingerprint density at radius 1 is 1.31 bits per heavy atom. The maximum atomic E-state index is 10.6. The van der Waals surface area contributed by atoms with E-state index in [1.807, 2.05) is 12.3 Å². The van der Waals surface area contributed by atoms with Crippen LogP contribution in [0, 0.1) is 17.0 Å².